The molecule has 12 heteroatoms. The summed E-state index contributed by atoms with van der Waals surface area (Å²) in [5.41, 5.74) is 1.15. The van der Waals surface area contributed by atoms with Crippen molar-refractivity contribution in [3.63, 3.8) is 0 Å². The maximum atomic E-state index is 14.5. The third-order valence-corrected chi connectivity index (χ3v) is 12.9. The molecule has 1 aliphatic heterocycles. The Morgan fingerprint density at radius 3 is 2.12 bits per heavy atom. The number of ether oxygens (including phenoxy) is 1. The molecule has 8 atom stereocenters. The van der Waals surface area contributed by atoms with Crippen LogP contribution >= 0.6 is 11.8 Å². The molecule has 0 radical (unpaired) electrons. The van der Waals surface area contributed by atoms with Crippen LogP contribution in [0.3, 0.4) is 0 Å². The molecule has 0 bridgehead atoms. The predicted octanol–water partition coefficient (Wildman–Crippen LogP) is 5.84. The average Bonchev–Trinajstić information content (AvgIpc) is 3.65. The van der Waals surface area contributed by atoms with Crippen molar-refractivity contribution in [3.05, 3.63) is 60.2 Å². The lowest BCUT2D eigenvalue weighted by Gasteiger charge is -2.41. The van der Waals surface area contributed by atoms with Gasteiger partial charge in [-0.3, -0.25) is 24.1 Å². The van der Waals surface area contributed by atoms with E-state index in [1.165, 1.54) is 0 Å². The molecule has 56 heavy (non-hydrogen) atoms. The number of carbonyl (C=O) groups excluding carboxylic acids is 4. The third kappa shape index (κ3) is 12.7. The average molecular weight is 796 g/mol. The largest absolute Gasteiger partial charge is 0.508 e. The molecule has 2 aromatic rings. The smallest absolute Gasteiger partial charge is 0.245 e. The second-order valence-electron chi connectivity index (χ2n) is 16.4. The van der Waals surface area contributed by atoms with Crippen molar-refractivity contribution < 1.29 is 29.0 Å². The minimum absolute atomic E-state index is 0.0119. The first-order valence-electron chi connectivity index (χ1n) is 20.3. The Morgan fingerprint density at radius 2 is 1.57 bits per heavy atom. The first-order chi connectivity index (χ1) is 26.5. The highest BCUT2D eigenvalue weighted by atomic mass is 32.2. The highest BCUT2D eigenvalue weighted by Crippen LogP contribution is 2.38. The number of rotatable bonds is 21. The lowest BCUT2D eigenvalue weighted by Crippen LogP contribution is -2.59. The van der Waals surface area contributed by atoms with Crippen LogP contribution in [-0.2, 0) is 30.3 Å². The van der Waals surface area contributed by atoms with E-state index in [0.717, 1.165) is 29.7 Å². The van der Waals surface area contributed by atoms with Gasteiger partial charge < -0.3 is 30.3 Å². The quantitative estimate of drug-likeness (QED) is 0.134. The fourth-order valence-electron chi connectivity index (χ4n) is 8.05. The van der Waals surface area contributed by atoms with Crippen molar-refractivity contribution in [2.75, 3.05) is 41.3 Å². The summed E-state index contributed by atoms with van der Waals surface area (Å²) >= 11 is 1.56. The van der Waals surface area contributed by atoms with Crippen LogP contribution in [0, 0.1) is 23.7 Å². The fourth-order valence-corrected chi connectivity index (χ4v) is 9.42. The van der Waals surface area contributed by atoms with Crippen molar-refractivity contribution in [2.45, 2.75) is 121 Å². The highest BCUT2D eigenvalue weighted by Gasteiger charge is 2.43. The van der Waals surface area contributed by atoms with Gasteiger partial charge in [0.15, 0.2) is 0 Å². The molecule has 0 spiro atoms. The zero-order valence-electron chi connectivity index (χ0n) is 35.7. The van der Waals surface area contributed by atoms with Crippen LogP contribution in [0.1, 0.15) is 79.7 Å². The Kier molecular flexibility index (Phi) is 18.7. The highest BCUT2D eigenvalue weighted by molar-refractivity contribution is 8.00. The van der Waals surface area contributed by atoms with E-state index in [4.69, 9.17) is 4.74 Å². The van der Waals surface area contributed by atoms with Gasteiger partial charge >= 0.3 is 0 Å². The van der Waals surface area contributed by atoms with E-state index in [0.29, 0.717) is 19.5 Å². The van der Waals surface area contributed by atoms with Crippen molar-refractivity contribution in [3.8, 4) is 5.75 Å². The molecule has 2 aromatic carbocycles. The summed E-state index contributed by atoms with van der Waals surface area (Å²) in [6.07, 6.45) is 2.46. The predicted molar refractivity (Wildman–Crippen MR) is 225 cm³/mol. The summed E-state index contributed by atoms with van der Waals surface area (Å²) in [6, 6.07) is 15.2. The summed E-state index contributed by atoms with van der Waals surface area (Å²) in [5, 5.41) is 15.9. The van der Waals surface area contributed by atoms with Crippen LogP contribution in [0.2, 0.25) is 0 Å². The number of likely N-dealkylation sites (tertiary alicyclic amines) is 1. The Balaban J connectivity index is 1.85. The molecule has 0 aliphatic carbocycles. The van der Waals surface area contributed by atoms with Gasteiger partial charge in [0, 0.05) is 49.4 Å². The standard InChI is InChI=1S/C44H69N5O6S/c1-12-30(6)40(48(10)44(54)38(28(2)3)46-43(53)39(29(4)5)47(8)9)36(55-11)27-37(51)49-26-16-19-35(49)41(56-34-22-20-33(50)21-23-34)31(7)42(52)45-25-24-32-17-14-13-15-18-32/h13-15,17-18,20-23,28-31,35-36,38-41,50H,12,16,19,24-27H2,1-11H3,(H,45,52)(H,46,53). The third-order valence-electron chi connectivity index (χ3n) is 11.3. The van der Waals surface area contributed by atoms with Gasteiger partial charge in [0.2, 0.25) is 23.6 Å². The first kappa shape index (κ1) is 46.8. The molecule has 8 unspecified atom stereocenters. The summed E-state index contributed by atoms with van der Waals surface area (Å²) < 4.78 is 6.10. The number of carbonyl (C=O) groups is 4. The number of thioether (sulfide) groups is 1. The van der Waals surface area contributed by atoms with Gasteiger partial charge in [0.25, 0.3) is 0 Å². The molecule has 312 valence electrons. The number of phenols is 1. The van der Waals surface area contributed by atoms with Crippen molar-refractivity contribution >= 4 is 35.4 Å². The number of amides is 4. The van der Waals surface area contributed by atoms with Crippen molar-refractivity contribution in [1.82, 2.24) is 25.3 Å². The van der Waals surface area contributed by atoms with E-state index in [-0.39, 0.29) is 64.8 Å². The number of phenolic OH excluding ortho intramolecular Hbond substituents is 1. The minimum Gasteiger partial charge on any atom is -0.508 e. The van der Waals surface area contributed by atoms with Crippen LogP contribution in [0.4, 0.5) is 0 Å². The van der Waals surface area contributed by atoms with E-state index in [9.17, 15) is 24.3 Å². The monoisotopic (exact) mass is 795 g/mol. The molecule has 1 fully saturated rings. The molecule has 0 aromatic heterocycles. The second kappa shape index (κ2) is 22.4. The lowest BCUT2D eigenvalue weighted by molar-refractivity contribution is -0.146. The van der Waals surface area contributed by atoms with Gasteiger partial charge in [-0.2, -0.15) is 0 Å². The van der Waals surface area contributed by atoms with Crippen molar-refractivity contribution in [2.24, 2.45) is 23.7 Å². The Hall–Kier alpha value is -3.61. The number of methoxy groups -OCH3 is 1. The van der Waals surface area contributed by atoms with Gasteiger partial charge in [-0.05, 0) is 80.9 Å². The maximum Gasteiger partial charge on any atom is 0.245 e. The first-order valence-corrected chi connectivity index (χ1v) is 21.2. The van der Waals surface area contributed by atoms with E-state index in [1.54, 1.807) is 43.0 Å². The molecule has 1 aliphatic rings. The number of nitrogens with zero attached hydrogens (tertiary/aromatic N) is 3. The topological polar surface area (TPSA) is 132 Å². The number of nitrogens with one attached hydrogen (secondary N) is 2. The zero-order chi connectivity index (χ0) is 41.7. The molecule has 0 saturated carbocycles. The fraction of sp³-hybridized carbons (Fsp3) is 0.636. The van der Waals surface area contributed by atoms with Gasteiger partial charge in [0.1, 0.15) is 11.8 Å². The Bertz CT molecular complexity index is 1530. The van der Waals surface area contributed by atoms with Gasteiger partial charge in [0.05, 0.1) is 24.6 Å². The van der Waals surface area contributed by atoms with Crippen LogP contribution in [-0.4, -0.2) is 120 Å². The second-order valence-corrected chi connectivity index (χ2v) is 17.6. The summed E-state index contributed by atoms with van der Waals surface area (Å²) in [7, 11) is 7.07. The molecular formula is C44H69N5O6S. The molecule has 1 saturated heterocycles. The Morgan fingerprint density at radius 1 is 0.929 bits per heavy atom. The van der Waals surface area contributed by atoms with Crippen molar-refractivity contribution in [1.29, 1.82) is 0 Å². The number of hydrogen-bond donors (Lipinski definition) is 3. The zero-order valence-corrected chi connectivity index (χ0v) is 36.5. The van der Waals surface area contributed by atoms with E-state index in [1.807, 2.05) is 101 Å². The molecule has 11 nitrogen and oxygen atoms in total. The summed E-state index contributed by atoms with van der Waals surface area (Å²) in [4.78, 5) is 62.4. The normalized spacial score (nSPS) is 18.2. The number of aromatic hydroxyl groups is 1. The SMILES string of the molecule is CCC(C)C(C(CC(=O)N1CCCC1C(Sc1ccc(O)cc1)C(C)C(=O)NCCc1ccccc1)OC)N(C)C(=O)C(NC(=O)C(C(C)C)N(C)C)C(C)C. The van der Waals surface area contributed by atoms with E-state index < -0.39 is 30.1 Å². The number of benzene rings is 2. The molecular weight excluding hydrogens is 727 g/mol. The Labute approximate surface area is 340 Å². The van der Waals surface area contributed by atoms with Gasteiger partial charge in [-0.1, -0.05) is 85.2 Å². The molecule has 3 N–H and O–H groups in total. The van der Waals surface area contributed by atoms with Gasteiger partial charge in [-0.15, -0.1) is 11.8 Å². The molecule has 3 rings (SSSR count). The number of hydrogen-bond acceptors (Lipinski definition) is 8. The molecule has 1 heterocycles. The van der Waals surface area contributed by atoms with E-state index >= 15 is 0 Å². The van der Waals surface area contributed by atoms with Crippen LogP contribution in [0.5, 0.6) is 5.75 Å². The summed E-state index contributed by atoms with van der Waals surface area (Å²) in [6.45, 7) is 15.0. The lowest BCUT2D eigenvalue weighted by atomic mass is 9.89. The van der Waals surface area contributed by atoms with Crippen LogP contribution < -0.4 is 10.6 Å². The minimum atomic E-state index is -0.755. The number of likely N-dealkylation sites (N-methyl/N-ethyl adjacent to an activating group) is 2. The van der Waals surface area contributed by atoms with Crippen LogP contribution in [0.25, 0.3) is 0 Å². The van der Waals surface area contributed by atoms with Gasteiger partial charge in [-0.25, -0.2) is 0 Å². The van der Waals surface area contributed by atoms with Crippen LogP contribution in [0.15, 0.2) is 59.5 Å². The molecule has 4 amide bonds. The maximum absolute atomic E-state index is 14.5. The summed E-state index contributed by atoms with van der Waals surface area (Å²) in [5.74, 6) is -0.959. The van der Waals surface area contributed by atoms with E-state index in [2.05, 4.69) is 24.5 Å².